The lowest BCUT2D eigenvalue weighted by molar-refractivity contribution is -0.148. The molecule has 0 aliphatic heterocycles. The fourth-order valence-electron chi connectivity index (χ4n) is 2.90. The van der Waals surface area contributed by atoms with Gasteiger partial charge in [0.15, 0.2) is 0 Å². The van der Waals surface area contributed by atoms with Crippen molar-refractivity contribution in [1.29, 1.82) is 0 Å². The van der Waals surface area contributed by atoms with E-state index in [0.29, 0.717) is 16.9 Å². The summed E-state index contributed by atoms with van der Waals surface area (Å²) >= 11 is 0. The lowest BCUT2D eigenvalue weighted by Gasteiger charge is -2.21. The molecule has 3 aromatic rings. The van der Waals surface area contributed by atoms with Crippen LogP contribution in [0.5, 0.6) is 0 Å². The van der Waals surface area contributed by atoms with E-state index in [9.17, 15) is 13.2 Å². The summed E-state index contributed by atoms with van der Waals surface area (Å²) < 4.78 is 33.3. The van der Waals surface area contributed by atoms with Gasteiger partial charge < -0.3 is 4.74 Å². The second-order valence-electron chi connectivity index (χ2n) is 7.51. The zero-order valence-electron chi connectivity index (χ0n) is 17.4. The Kier molecular flexibility index (Phi) is 6.48. The van der Waals surface area contributed by atoms with Gasteiger partial charge in [-0.15, -0.1) is 0 Å². The SMILES string of the molecule is Cc1ccc(S(=O)(=O)N[C@@H](C(=O)OCc2nc3ccccc3nc2C)C(C)C)cc1. The quantitative estimate of drug-likeness (QED) is 0.581. The third-order valence-electron chi connectivity index (χ3n) is 4.73. The van der Waals surface area contributed by atoms with Gasteiger partial charge in [-0.1, -0.05) is 43.7 Å². The van der Waals surface area contributed by atoms with E-state index in [1.807, 2.05) is 31.2 Å². The van der Waals surface area contributed by atoms with Crippen LogP contribution in [0.1, 0.15) is 30.8 Å². The minimum absolute atomic E-state index is 0.0853. The van der Waals surface area contributed by atoms with Crippen LogP contribution in [0.2, 0.25) is 0 Å². The molecule has 0 unspecified atom stereocenters. The van der Waals surface area contributed by atoms with Crippen molar-refractivity contribution < 1.29 is 17.9 Å². The highest BCUT2D eigenvalue weighted by Gasteiger charge is 2.30. The van der Waals surface area contributed by atoms with Crippen molar-refractivity contribution in [2.75, 3.05) is 0 Å². The van der Waals surface area contributed by atoms with Crippen LogP contribution in [0.3, 0.4) is 0 Å². The zero-order chi connectivity index (χ0) is 21.9. The van der Waals surface area contributed by atoms with Crippen LogP contribution < -0.4 is 4.72 Å². The molecule has 2 aromatic carbocycles. The number of nitrogens with zero attached hydrogens (tertiary/aromatic N) is 2. The number of benzene rings is 2. The maximum atomic E-state index is 12.7. The Bertz CT molecular complexity index is 1160. The Morgan fingerprint density at radius 3 is 2.20 bits per heavy atom. The molecule has 0 bridgehead atoms. The van der Waals surface area contributed by atoms with E-state index in [4.69, 9.17) is 4.74 Å². The minimum Gasteiger partial charge on any atom is -0.458 e. The molecule has 0 aliphatic carbocycles. The van der Waals surface area contributed by atoms with Crippen LogP contribution >= 0.6 is 0 Å². The minimum atomic E-state index is -3.87. The highest BCUT2D eigenvalue weighted by atomic mass is 32.2. The molecule has 8 heteroatoms. The van der Waals surface area contributed by atoms with E-state index in [0.717, 1.165) is 11.1 Å². The smallest absolute Gasteiger partial charge is 0.324 e. The molecule has 158 valence electrons. The third-order valence-corrected chi connectivity index (χ3v) is 6.19. The van der Waals surface area contributed by atoms with E-state index in [1.165, 1.54) is 12.1 Å². The van der Waals surface area contributed by atoms with Crippen LogP contribution in [0.4, 0.5) is 0 Å². The predicted octanol–water partition coefficient (Wildman–Crippen LogP) is 3.29. The first-order chi connectivity index (χ1) is 14.2. The monoisotopic (exact) mass is 427 g/mol. The molecule has 1 heterocycles. The number of sulfonamides is 1. The van der Waals surface area contributed by atoms with E-state index in [1.54, 1.807) is 32.9 Å². The number of carbonyl (C=O) groups excluding carboxylic acids is 1. The number of esters is 1. The zero-order valence-corrected chi connectivity index (χ0v) is 18.2. The van der Waals surface area contributed by atoms with Gasteiger partial charge in [0.25, 0.3) is 0 Å². The van der Waals surface area contributed by atoms with Gasteiger partial charge >= 0.3 is 5.97 Å². The number of fused-ring (bicyclic) bond motifs is 1. The number of hydrogen-bond acceptors (Lipinski definition) is 6. The Morgan fingerprint density at radius 2 is 1.60 bits per heavy atom. The van der Waals surface area contributed by atoms with Gasteiger partial charge in [0.05, 0.1) is 27.3 Å². The van der Waals surface area contributed by atoms with Crippen molar-refractivity contribution in [3.05, 3.63) is 65.5 Å². The lowest BCUT2D eigenvalue weighted by Crippen LogP contribution is -2.45. The molecule has 0 aliphatic rings. The number of rotatable bonds is 7. The highest BCUT2D eigenvalue weighted by Crippen LogP contribution is 2.16. The molecule has 0 radical (unpaired) electrons. The van der Waals surface area contributed by atoms with Gasteiger partial charge in [0.1, 0.15) is 12.6 Å². The average molecular weight is 428 g/mol. The van der Waals surface area contributed by atoms with Crippen molar-refractivity contribution >= 4 is 27.0 Å². The first-order valence-corrected chi connectivity index (χ1v) is 11.1. The van der Waals surface area contributed by atoms with Crippen LogP contribution in [-0.4, -0.2) is 30.4 Å². The van der Waals surface area contributed by atoms with Gasteiger partial charge in [-0.25, -0.2) is 18.4 Å². The fraction of sp³-hybridized carbons (Fsp3) is 0.318. The number of carbonyl (C=O) groups is 1. The van der Waals surface area contributed by atoms with Gasteiger partial charge in [0.2, 0.25) is 10.0 Å². The Labute approximate surface area is 176 Å². The topological polar surface area (TPSA) is 98.2 Å². The number of hydrogen-bond donors (Lipinski definition) is 1. The summed E-state index contributed by atoms with van der Waals surface area (Å²) in [6.07, 6.45) is 0. The average Bonchev–Trinajstić information content (AvgIpc) is 2.70. The van der Waals surface area contributed by atoms with E-state index in [2.05, 4.69) is 14.7 Å². The van der Waals surface area contributed by atoms with Crippen molar-refractivity contribution in [3.63, 3.8) is 0 Å². The van der Waals surface area contributed by atoms with Crippen molar-refractivity contribution in [2.45, 2.75) is 45.2 Å². The molecule has 7 nitrogen and oxygen atoms in total. The fourth-order valence-corrected chi connectivity index (χ4v) is 4.23. The molecule has 1 N–H and O–H groups in total. The van der Waals surface area contributed by atoms with Crippen LogP contribution in [0, 0.1) is 19.8 Å². The summed E-state index contributed by atoms with van der Waals surface area (Å²) in [5, 5.41) is 0. The van der Waals surface area contributed by atoms with Crippen molar-refractivity contribution in [1.82, 2.24) is 14.7 Å². The summed E-state index contributed by atoms with van der Waals surface area (Å²) in [4.78, 5) is 21.8. The van der Waals surface area contributed by atoms with Gasteiger partial charge in [0, 0.05) is 0 Å². The number of nitrogens with one attached hydrogen (secondary N) is 1. The van der Waals surface area contributed by atoms with E-state index < -0.39 is 22.0 Å². The highest BCUT2D eigenvalue weighted by molar-refractivity contribution is 7.89. The number of para-hydroxylation sites is 2. The van der Waals surface area contributed by atoms with Gasteiger partial charge in [-0.05, 0) is 44.0 Å². The number of aryl methyl sites for hydroxylation is 2. The van der Waals surface area contributed by atoms with Gasteiger partial charge in [-0.3, -0.25) is 4.79 Å². The molecule has 30 heavy (non-hydrogen) atoms. The number of ether oxygens (including phenoxy) is 1. The second-order valence-corrected chi connectivity index (χ2v) is 9.22. The Hall–Kier alpha value is -2.84. The summed E-state index contributed by atoms with van der Waals surface area (Å²) in [5.74, 6) is -0.962. The molecular weight excluding hydrogens is 402 g/mol. The van der Waals surface area contributed by atoms with Crippen LogP contribution in [0.25, 0.3) is 11.0 Å². The molecule has 1 aromatic heterocycles. The van der Waals surface area contributed by atoms with Gasteiger partial charge in [-0.2, -0.15) is 4.72 Å². The summed E-state index contributed by atoms with van der Waals surface area (Å²) in [7, 11) is -3.87. The van der Waals surface area contributed by atoms with E-state index in [-0.39, 0.29) is 17.4 Å². The summed E-state index contributed by atoms with van der Waals surface area (Å²) in [6, 6.07) is 12.8. The molecule has 0 saturated carbocycles. The lowest BCUT2D eigenvalue weighted by atomic mass is 10.1. The normalized spacial score (nSPS) is 12.8. The van der Waals surface area contributed by atoms with Crippen molar-refractivity contribution in [2.24, 2.45) is 5.92 Å². The predicted molar refractivity (Wildman–Crippen MR) is 114 cm³/mol. The Balaban J connectivity index is 1.74. The maximum Gasteiger partial charge on any atom is 0.324 e. The molecular formula is C22H25N3O4S. The van der Waals surface area contributed by atoms with E-state index >= 15 is 0 Å². The van der Waals surface area contributed by atoms with Crippen LogP contribution in [-0.2, 0) is 26.2 Å². The first-order valence-electron chi connectivity index (χ1n) is 9.65. The summed E-state index contributed by atoms with van der Waals surface area (Å²) in [6.45, 7) is 7.09. The molecule has 3 rings (SSSR count). The maximum absolute atomic E-state index is 12.7. The third kappa shape index (κ3) is 5.01. The summed E-state index contributed by atoms with van der Waals surface area (Å²) in [5.41, 5.74) is 3.60. The standard InChI is InChI=1S/C22H25N3O4S/c1-14(2)21(25-30(27,28)17-11-9-15(3)10-12-17)22(26)29-13-20-16(4)23-18-7-5-6-8-19(18)24-20/h5-12,14,21,25H,13H2,1-4H3/t21-/m1/s1. The molecule has 0 amide bonds. The Morgan fingerprint density at radius 1 is 1.00 bits per heavy atom. The second kappa shape index (κ2) is 8.89. The molecule has 1 atom stereocenters. The molecule has 0 fully saturated rings. The van der Waals surface area contributed by atoms with Crippen molar-refractivity contribution in [3.8, 4) is 0 Å². The first kappa shape index (κ1) is 21.9. The largest absolute Gasteiger partial charge is 0.458 e. The molecule has 0 saturated heterocycles. The molecule has 0 spiro atoms. The van der Waals surface area contributed by atoms with Crippen LogP contribution in [0.15, 0.2) is 53.4 Å². The number of aromatic nitrogens is 2.